The summed E-state index contributed by atoms with van der Waals surface area (Å²) in [5, 5.41) is 0. The number of halogens is 7. The van der Waals surface area contributed by atoms with Crippen LogP contribution in [0.3, 0.4) is 0 Å². The Morgan fingerprint density at radius 2 is 0.433 bits per heavy atom. The van der Waals surface area contributed by atoms with Gasteiger partial charge in [-0.2, -0.15) is 0 Å². The van der Waals surface area contributed by atoms with Crippen molar-refractivity contribution >= 4 is 118 Å². The molecule has 9 aromatic carbocycles. The normalized spacial score (nSPS) is 9.78. The second-order valence-electron chi connectivity index (χ2n) is 13.1. The van der Waals surface area contributed by atoms with Gasteiger partial charge in [0.1, 0.15) is 0 Å². The second-order valence-corrected chi connectivity index (χ2v) is 27.0. The van der Waals surface area contributed by atoms with E-state index >= 15 is 0 Å². The Hall–Kier alpha value is -2.71. The van der Waals surface area contributed by atoms with Crippen LogP contribution in [0.4, 0.5) is 0 Å². The largest absolute Gasteiger partial charge is 1.00 e. The molecule has 0 aliphatic carbocycles. The van der Waals surface area contributed by atoms with Crippen LogP contribution in [0.25, 0.3) is 0 Å². The monoisotopic (exact) mass is 1120 g/mol. The zero-order valence-electron chi connectivity index (χ0n) is 35.7. The molecule has 0 heterocycles. The maximum absolute atomic E-state index is 4.94. The van der Waals surface area contributed by atoms with Gasteiger partial charge in [0.15, 0.2) is 29.4 Å². The van der Waals surface area contributed by atoms with Crippen LogP contribution in [-0.2, 0) is 21.8 Å². The fraction of sp³-hybridized carbons (Fsp3) is 0. The molecule has 0 aromatic heterocycles. The summed E-state index contributed by atoms with van der Waals surface area (Å²) in [6.45, 7) is 0. The van der Waals surface area contributed by atoms with Crippen molar-refractivity contribution in [2.24, 2.45) is 0 Å². The predicted molar refractivity (Wildman–Crippen MR) is 293 cm³/mol. The van der Waals surface area contributed by atoms with E-state index in [0.29, 0.717) is 0 Å². The molecule has 0 aliphatic rings. The highest BCUT2D eigenvalue weighted by molar-refractivity contribution is 8.76. The summed E-state index contributed by atoms with van der Waals surface area (Å²) in [6, 6.07) is 94.3. The van der Waals surface area contributed by atoms with Gasteiger partial charge in [0, 0.05) is 41.3 Å². The van der Waals surface area contributed by atoms with Crippen LogP contribution in [0.1, 0.15) is 0 Å². The second kappa shape index (κ2) is 35.4. The number of hydrogen-bond acceptors (Lipinski definition) is 3. The van der Waals surface area contributed by atoms with E-state index in [2.05, 4.69) is 240 Å². The molecule has 67 heavy (non-hydrogen) atoms. The zero-order chi connectivity index (χ0) is 45.7. The van der Waals surface area contributed by atoms with Gasteiger partial charge in [-0.1, -0.05) is 179 Å². The third kappa shape index (κ3) is 21.9. The summed E-state index contributed by atoms with van der Waals surface area (Å²) in [5.74, 6) is 0. The van der Waals surface area contributed by atoms with Gasteiger partial charge in [0.05, 0.1) is 21.8 Å². The summed E-state index contributed by atoms with van der Waals surface area (Å²) >= 11 is 0.0956. The molecule has 0 aliphatic heterocycles. The zero-order valence-corrected chi connectivity index (χ0v) is 46.2. The molecule has 0 fully saturated rings. The topological polar surface area (TPSA) is 0 Å². The van der Waals surface area contributed by atoms with Crippen LogP contribution >= 0.6 is 85.2 Å². The summed E-state index contributed by atoms with van der Waals surface area (Å²) in [7, 11) is 26.4. The Labute approximate surface area is 454 Å². The fourth-order valence-corrected chi connectivity index (χ4v) is 12.9. The fourth-order valence-electron chi connectivity index (χ4n) is 5.90. The van der Waals surface area contributed by atoms with Crippen molar-refractivity contribution in [2.45, 2.75) is 49.0 Å². The van der Waals surface area contributed by atoms with E-state index in [1.165, 1.54) is 49.0 Å². The molecule has 0 spiro atoms. The highest BCUT2D eigenvalue weighted by atomic mass is 36.5. The lowest BCUT2D eigenvalue weighted by Gasteiger charge is -2.10. The van der Waals surface area contributed by atoms with Gasteiger partial charge in [-0.25, -0.2) is 30.1 Å². The van der Waals surface area contributed by atoms with E-state index in [9.17, 15) is 0 Å². The Balaban J connectivity index is 0.000000348. The van der Waals surface area contributed by atoms with Gasteiger partial charge in [-0.3, -0.25) is 0 Å². The van der Waals surface area contributed by atoms with Crippen molar-refractivity contribution in [1.29, 1.82) is 0 Å². The molecule has 0 saturated heterocycles. The molecular weight excluding hydrogens is 1080 g/mol. The predicted octanol–water partition coefficient (Wildman–Crippen LogP) is 13.3. The maximum atomic E-state index is 4.94. The summed E-state index contributed by atoms with van der Waals surface area (Å²) in [6.07, 6.45) is 0. The number of hydrogen-bond donors (Lipinski definition) is 0. The van der Waals surface area contributed by atoms with Crippen molar-refractivity contribution < 1.29 is 24.8 Å². The van der Waals surface area contributed by atoms with Crippen molar-refractivity contribution in [2.75, 3.05) is 0 Å². The van der Waals surface area contributed by atoms with Crippen molar-refractivity contribution in [3.05, 3.63) is 267 Å². The average Bonchev–Trinajstić information content (AvgIpc) is 3.38. The Morgan fingerprint density at radius 3 is 0.657 bits per heavy atom. The van der Waals surface area contributed by atoms with Gasteiger partial charge in [-0.15, -0.1) is 0 Å². The molecule has 0 N–H and O–H groups in total. The molecule has 13 heteroatoms. The van der Waals surface area contributed by atoms with Gasteiger partial charge >= 0.3 is 11.4 Å². The molecule has 0 unspecified atom stereocenters. The van der Waals surface area contributed by atoms with Crippen LogP contribution < -0.4 is 24.8 Å². The number of rotatable bonds is 11. The van der Waals surface area contributed by atoms with Gasteiger partial charge in [-0.05, 0) is 121 Å². The first-order valence-electron chi connectivity index (χ1n) is 20.1. The summed E-state index contributed by atoms with van der Waals surface area (Å²) in [4.78, 5) is 13.1. The Kier molecular flexibility index (Phi) is 31.0. The third-order valence-electron chi connectivity index (χ3n) is 8.66. The Morgan fingerprint density at radius 1 is 0.254 bits per heavy atom. The lowest BCUT2D eigenvalue weighted by atomic mass is 10.3. The van der Waals surface area contributed by atoms with Gasteiger partial charge in [0.2, 0.25) is 0 Å². The maximum Gasteiger partial charge on any atom is 0.643 e. The van der Waals surface area contributed by atoms with Gasteiger partial charge < -0.3 is 24.8 Å². The first-order valence-corrected chi connectivity index (χ1v) is 31.9. The SMILES string of the molecule is ClCl.[Cl-].[Cl-].[Cl][Al]([Cl])[Cl].c1ccc(SSc2ccccc2)cc1.c1ccc([S+](c2ccccc2)c2ccc(Sc3ccc([S+](c4ccccc4)c4ccccc4)cc3)cc2)cc1.c1ccccc1. The van der Waals surface area contributed by atoms with Gasteiger partial charge in [0.25, 0.3) is 0 Å². The first-order chi connectivity index (χ1) is 32.0. The van der Waals surface area contributed by atoms with E-state index in [1.807, 2.05) is 60.3 Å². The molecule has 0 atom stereocenters. The molecule has 342 valence electrons. The molecule has 9 rings (SSSR count). The van der Waals surface area contributed by atoms with Crippen LogP contribution in [0.15, 0.2) is 316 Å². The third-order valence-corrected chi connectivity index (χ3v) is 16.6. The summed E-state index contributed by atoms with van der Waals surface area (Å²) < 4.78 is 0. The van der Waals surface area contributed by atoms with Crippen molar-refractivity contribution in [3.63, 3.8) is 0 Å². The minimum atomic E-state index is -1.72. The Bertz CT molecular complexity index is 2290. The first kappa shape index (κ1) is 58.6. The van der Waals surface area contributed by atoms with Crippen LogP contribution in [-0.4, -0.2) is 11.4 Å². The lowest BCUT2D eigenvalue weighted by molar-refractivity contribution is -0.00100. The molecule has 0 saturated carbocycles. The van der Waals surface area contributed by atoms with E-state index in [4.69, 9.17) is 30.1 Å². The summed E-state index contributed by atoms with van der Waals surface area (Å²) in [5.41, 5.74) is 0. The molecule has 0 radical (unpaired) electrons. The van der Waals surface area contributed by atoms with Crippen LogP contribution in [0.5, 0.6) is 0 Å². The quantitative estimate of drug-likeness (QED) is 0.0720. The van der Waals surface area contributed by atoms with E-state index in [-0.39, 0.29) is 46.6 Å². The molecule has 0 bridgehead atoms. The molecule has 0 amide bonds. The molecule has 0 nitrogen and oxygen atoms in total. The standard InChI is InChI=1S/C36H28S3.C12H10S2.C6H6.Al.Cl2.5ClH/c1-5-13-31(14-6-1)38(32-15-7-2-8-16-32)35-25-21-29(22-26-35)37-30-23-27-36(28-24-30)39(33-17-9-3-10-18-33)34-19-11-4-12-20-34;1-3-7-11(8-4-1)13-14-12-9-5-2-6-10-12;1-2-4-6-5-3-1;;1-2;;;;;/h1-28H;1-10H;1-6H;;;5*1H/q+2;;;+3;;;;;;/p-5. The van der Waals surface area contributed by atoms with Crippen LogP contribution in [0.2, 0.25) is 0 Å². The highest BCUT2D eigenvalue weighted by Crippen LogP contribution is 2.38. The van der Waals surface area contributed by atoms with Crippen LogP contribution in [0, 0.1) is 0 Å². The molecule has 9 aromatic rings. The highest BCUT2D eigenvalue weighted by Gasteiger charge is 2.29. The van der Waals surface area contributed by atoms with E-state index < -0.39 is 11.4 Å². The number of benzene rings is 9. The van der Waals surface area contributed by atoms with E-state index in [1.54, 1.807) is 21.6 Å². The lowest BCUT2D eigenvalue weighted by Crippen LogP contribution is -3.00. The van der Waals surface area contributed by atoms with Crippen molar-refractivity contribution in [3.8, 4) is 0 Å². The average molecular weight is 1130 g/mol. The van der Waals surface area contributed by atoms with Crippen molar-refractivity contribution in [1.82, 2.24) is 0 Å². The molecular formula is C54H44AlCl7S5. The minimum Gasteiger partial charge on any atom is -1.00 e. The van der Waals surface area contributed by atoms with E-state index in [0.717, 1.165) is 0 Å². The smallest absolute Gasteiger partial charge is 0.643 e. The minimum absolute atomic E-state index is 0.